The van der Waals surface area contributed by atoms with Crippen LogP contribution in [-0.2, 0) is 60.8 Å². The van der Waals surface area contributed by atoms with Crippen LogP contribution in [0.4, 0.5) is 0 Å². The van der Waals surface area contributed by atoms with E-state index in [1.165, 1.54) is 49.9 Å². The zero-order valence-electron chi connectivity index (χ0n) is 49.2. The fourth-order valence-electron chi connectivity index (χ4n) is 8.61. The number of carbonyl (C=O) groups excluding carboxylic acids is 10. The van der Waals surface area contributed by atoms with Gasteiger partial charge < -0.3 is 91.8 Å². The van der Waals surface area contributed by atoms with Crippen LogP contribution in [0.3, 0.4) is 0 Å². The number of nitrogens with one attached hydrogen (secondary N) is 9. The fraction of sp³-hybridized carbons (Fsp3) is 0.589. The third kappa shape index (κ3) is 27.8. The van der Waals surface area contributed by atoms with Gasteiger partial charge in [-0.25, -0.2) is 0 Å². The molecule has 0 unspecified atom stereocenters. The normalized spacial score (nSPS) is 14.9. The number of carbonyl (C=O) groups is 10. The van der Waals surface area contributed by atoms with E-state index in [4.69, 9.17) is 28.7 Å². The number of aliphatic hydroxyl groups excluding tert-OH is 2. The molecule has 0 bridgehead atoms. The summed E-state index contributed by atoms with van der Waals surface area (Å²) in [5, 5.41) is 54.2. The number of benzene rings is 2. The van der Waals surface area contributed by atoms with Crippen molar-refractivity contribution in [2.45, 2.75) is 165 Å². The predicted molar refractivity (Wildman–Crippen MR) is 321 cm³/mol. The number of amides is 10. The van der Waals surface area contributed by atoms with Crippen molar-refractivity contribution >= 4 is 76.8 Å². The van der Waals surface area contributed by atoms with E-state index in [-0.39, 0.29) is 75.7 Å². The van der Waals surface area contributed by atoms with Crippen LogP contribution in [0.1, 0.15) is 103 Å². The molecule has 85 heavy (non-hydrogen) atoms. The van der Waals surface area contributed by atoms with Crippen LogP contribution >= 0.6 is 11.8 Å². The van der Waals surface area contributed by atoms with E-state index in [1.54, 1.807) is 50.4 Å². The topological polar surface area (TPSA) is 482 Å². The SMILES string of the molecule is CC[C@H](C)[C@H](NC(C)=O)C(=O)N[C@H](C(=O)N[C@@H](CO)C(=O)N[C@@H](Cc1ccccc1)C(=O)N[C@@H](CCCCN)C(=O)N[C@@H](CCSC)C(=O)N[C@@H](CCCN=C(N)N)C(=O)N[C@@H](Cc1ccc(O)cc1)C(=O)N[C@@H](CCCCN)C(N)=O)[C@@H](C)O. The molecule has 0 aliphatic carbocycles. The minimum Gasteiger partial charge on any atom is -0.508 e. The molecule has 2 aromatic rings. The molecule has 29 heteroatoms. The van der Waals surface area contributed by atoms with Gasteiger partial charge in [0, 0.05) is 26.3 Å². The Hall–Kier alpha value is -7.60. The first kappa shape index (κ1) is 73.5. The van der Waals surface area contributed by atoms with Crippen LogP contribution < -0.4 is 76.5 Å². The van der Waals surface area contributed by atoms with E-state index in [0.29, 0.717) is 55.5 Å². The van der Waals surface area contributed by atoms with Crippen LogP contribution in [0.15, 0.2) is 59.6 Å². The highest BCUT2D eigenvalue weighted by Gasteiger charge is 2.37. The van der Waals surface area contributed by atoms with E-state index in [2.05, 4.69) is 52.8 Å². The fourth-order valence-corrected chi connectivity index (χ4v) is 9.08. The van der Waals surface area contributed by atoms with Crippen LogP contribution in [0.5, 0.6) is 5.75 Å². The molecule has 0 aliphatic rings. The number of hydrogen-bond acceptors (Lipinski definition) is 17. The maximum Gasteiger partial charge on any atom is 0.245 e. The summed E-state index contributed by atoms with van der Waals surface area (Å²) in [6.45, 7) is 5.50. The van der Waals surface area contributed by atoms with E-state index < -0.39 is 126 Å². The lowest BCUT2D eigenvalue weighted by Gasteiger charge is -2.29. The number of thioether (sulfide) groups is 1. The Labute approximate surface area is 500 Å². The largest absolute Gasteiger partial charge is 0.508 e. The van der Waals surface area contributed by atoms with E-state index in [1.807, 2.05) is 0 Å². The first-order valence-electron chi connectivity index (χ1n) is 28.4. The molecule has 0 heterocycles. The molecule has 0 aromatic heterocycles. The van der Waals surface area contributed by atoms with Crippen LogP contribution in [0.2, 0.25) is 0 Å². The molecule has 11 atom stereocenters. The highest BCUT2D eigenvalue weighted by molar-refractivity contribution is 7.98. The second-order valence-electron chi connectivity index (χ2n) is 20.7. The second-order valence-corrected chi connectivity index (χ2v) is 21.6. The number of phenolic OH excluding ortho intramolecular Hbond substituents is 1. The Bertz CT molecular complexity index is 2490. The second kappa shape index (κ2) is 39.9. The molecular formula is C56H91N15O13S. The summed E-state index contributed by atoms with van der Waals surface area (Å²) < 4.78 is 0. The quantitative estimate of drug-likeness (QED) is 0.0175. The van der Waals surface area contributed by atoms with Gasteiger partial charge in [0.2, 0.25) is 59.1 Å². The lowest BCUT2D eigenvalue weighted by atomic mass is 9.97. The molecule has 0 radical (unpaired) electrons. The highest BCUT2D eigenvalue weighted by Crippen LogP contribution is 2.15. The number of aromatic hydroxyl groups is 1. The molecule has 0 aliphatic heterocycles. The standard InChI is InChI=1S/C56H91N15O13S/c1-6-32(2)45(63-34(4)74)54(83)71-46(33(3)73)55(84)70-44(31-72)53(82)69-42(29-35-15-8-7-9-16-35)52(81)66-39(18-11-13-26-58)48(77)67-41(24-28-85-5)50(79)65-40(19-14-27-62-56(60)61)49(78)68-43(30-36-20-22-37(75)23-21-36)51(80)64-38(47(59)76)17-10-12-25-57/h7-9,15-16,20-23,32-33,38-46,72-73,75H,6,10-14,17-19,24-31,57-58H2,1-5H3,(H2,59,76)(H,63,74)(H,64,80)(H,65,79)(H,66,81)(H,67,77)(H,68,78)(H,69,82)(H,70,84)(H,71,83)(H4,60,61,62)/t32-,33+,38-,39-,40-,41-,42-,43-,44-,45-,46-/m0/s1. The molecule has 0 spiro atoms. The van der Waals surface area contributed by atoms with E-state index in [9.17, 15) is 63.3 Å². The van der Waals surface area contributed by atoms with Crippen molar-refractivity contribution in [1.82, 2.24) is 47.9 Å². The van der Waals surface area contributed by atoms with Crippen molar-refractivity contribution in [3.63, 3.8) is 0 Å². The summed E-state index contributed by atoms with van der Waals surface area (Å²) in [4.78, 5) is 141. The van der Waals surface area contributed by atoms with Crippen LogP contribution in [-0.4, -0.2) is 179 Å². The monoisotopic (exact) mass is 1210 g/mol. The van der Waals surface area contributed by atoms with Gasteiger partial charge in [-0.05, 0) is 119 Å². The van der Waals surface area contributed by atoms with Gasteiger partial charge in [0.05, 0.1) is 12.7 Å². The molecule has 0 saturated heterocycles. The van der Waals surface area contributed by atoms with Crippen molar-refractivity contribution in [2.75, 3.05) is 38.2 Å². The first-order valence-corrected chi connectivity index (χ1v) is 29.8. The molecule has 0 fully saturated rings. The first-order chi connectivity index (χ1) is 40.4. The number of aliphatic hydroxyl groups is 2. The summed E-state index contributed by atoms with van der Waals surface area (Å²) in [6.07, 6.45) is 2.35. The number of guanidine groups is 1. The predicted octanol–water partition coefficient (Wildman–Crippen LogP) is -3.47. The number of unbranched alkanes of at least 4 members (excludes halogenated alkanes) is 2. The van der Waals surface area contributed by atoms with Crippen molar-refractivity contribution in [3.05, 3.63) is 65.7 Å². The number of nitrogens with zero attached hydrogens (tertiary/aromatic N) is 1. The number of phenols is 1. The third-order valence-corrected chi connectivity index (χ3v) is 14.3. The van der Waals surface area contributed by atoms with Crippen molar-refractivity contribution in [1.29, 1.82) is 0 Å². The van der Waals surface area contributed by atoms with Gasteiger partial charge in [0.15, 0.2) is 5.96 Å². The van der Waals surface area contributed by atoms with Crippen LogP contribution in [0, 0.1) is 5.92 Å². The Morgan fingerprint density at radius 2 is 0.953 bits per heavy atom. The molecule has 2 aromatic carbocycles. The minimum atomic E-state index is -1.75. The zero-order valence-corrected chi connectivity index (χ0v) is 50.1. The number of primary amides is 1. The average Bonchev–Trinajstić information content (AvgIpc) is 3.67. The number of hydrogen-bond donors (Lipinski definition) is 17. The van der Waals surface area contributed by atoms with Crippen molar-refractivity contribution in [3.8, 4) is 5.75 Å². The van der Waals surface area contributed by atoms with Gasteiger partial charge in [0.1, 0.15) is 60.1 Å². The zero-order chi connectivity index (χ0) is 63.6. The van der Waals surface area contributed by atoms with Gasteiger partial charge in [-0.1, -0.05) is 62.7 Å². The molecule has 0 saturated carbocycles. The van der Waals surface area contributed by atoms with E-state index >= 15 is 0 Å². The summed E-state index contributed by atoms with van der Waals surface area (Å²) in [6, 6.07) is 1.76. The molecule has 474 valence electrons. The van der Waals surface area contributed by atoms with Crippen molar-refractivity contribution < 1.29 is 63.3 Å². The molecular weight excluding hydrogens is 1120 g/mol. The Morgan fingerprint density at radius 1 is 0.529 bits per heavy atom. The number of rotatable bonds is 41. The average molecular weight is 1210 g/mol. The molecule has 28 nitrogen and oxygen atoms in total. The van der Waals surface area contributed by atoms with Gasteiger partial charge >= 0.3 is 0 Å². The van der Waals surface area contributed by atoms with Crippen LogP contribution in [0.25, 0.3) is 0 Å². The molecule has 10 amide bonds. The summed E-state index contributed by atoms with van der Waals surface area (Å²) in [5.74, 6) is -8.76. The van der Waals surface area contributed by atoms with Gasteiger partial charge in [-0.3, -0.25) is 52.9 Å². The van der Waals surface area contributed by atoms with E-state index in [0.717, 1.165) is 0 Å². The lowest BCUT2D eigenvalue weighted by molar-refractivity contribution is -0.137. The molecule has 2 rings (SSSR count). The summed E-state index contributed by atoms with van der Waals surface area (Å²) >= 11 is 1.35. The molecule has 22 N–H and O–H groups in total. The highest BCUT2D eigenvalue weighted by atomic mass is 32.2. The minimum absolute atomic E-state index is 0.0107. The summed E-state index contributed by atoms with van der Waals surface area (Å²) in [7, 11) is 0. The Kier molecular flexibility index (Phi) is 34.5. The third-order valence-electron chi connectivity index (χ3n) is 13.7. The maximum atomic E-state index is 14.5. The smallest absolute Gasteiger partial charge is 0.245 e. The van der Waals surface area contributed by atoms with Gasteiger partial charge in [-0.15, -0.1) is 0 Å². The van der Waals surface area contributed by atoms with Gasteiger partial charge in [-0.2, -0.15) is 11.8 Å². The summed E-state index contributed by atoms with van der Waals surface area (Å²) in [5.41, 5.74) is 29.3. The van der Waals surface area contributed by atoms with Gasteiger partial charge in [0.25, 0.3) is 0 Å². The maximum absolute atomic E-state index is 14.5. The number of aliphatic imine (C=N–C) groups is 1. The lowest BCUT2D eigenvalue weighted by Crippen LogP contribution is -2.62. The Morgan fingerprint density at radius 3 is 1.40 bits per heavy atom. The number of nitrogens with two attached hydrogens (primary N) is 5. The Balaban J connectivity index is 2.53. The van der Waals surface area contributed by atoms with Crippen molar-refractivity contribution in [2.24, 2.45) is 39.6 Å².